The zero-order valence-electron chi connectivity index (χ0n) is 16.0. The van der Waals surface area contributed by atoms with Gasteiger partial charge >= 0.3 is 0 Å². The smallest absolute Gasteiger partial charge is 0.277 e. The fourth-order valence-corrected chi connectivity index (χ4v) is 2.47. The number of benzene rings is 2. The Labute approximate surface area is 163 Å². The van der Waals surface area contributed by atoms with Crippen molar-refractivity contribution >= 4 is 17.8 Å². The molecule has 1 amide bonds. The summed E-state index contributed by atoms with van der Waals surface area (Å²) in [7, 11) is 0. The van der Waals surface area contributed by atoms with E-state index in [4.69, 9.17) is 4.74 Å². The van der Waals surface area contributed by atoms with Crippen LogP contribution in [0, 0.1) is 17.0 Å². The van der Waals surface area contributed by atoms with Crippen molar-refractivity contribution < 1.29 is 19.6 Å². The molecular formula is C20H23N3O5. The number of carbonyl (C=O) groups excluding carboxylic acids is 1. The quantitative estimate of drug-likeness (QED) is 0.409. The molecule has 0 aliphatic heterocycles. The summed E-state index contributed by atoms with van der Waals surface area (Å²) in [4.78, 5) is 22.2. The molecule has 2 aromatic carbocycles. The van der Waals surface area contributed by atoms with E-state index in [0.717, 1.165) is 12.6 Å². The van der Waals surface area contributed by atoms with Gasteiger partial charge < -0.3 is 9.84 Å². The Hall–Kier alpha value is -3.42. The molecule has 0 saturated heterocycles. The standard InChI is InChI=1S/C20H23N3O5/c1-4-13(2)15-5-7-18(8-6-15)28-12-19(24)22-21-11-16-10-17(23(26)27)9-14(3)20(16)25/h5-11,13,25H,4,12H2,1-3H3,(H,22,24)/b21-11+/t13-/m0/s1. The minimum atomic E-state index is -0.567. The van der Waals surface area contributed by atoms with Gasteiger partial charge in [0.1, 0.15) is 11.5 Å². The highest BCUT2D eigenvalue weighted by atomic mass is 16.6. The molecule has 2 rings (SSSR count). The topological polar surface area (TPSA) is 114 Å². The fraction of sp³-hybridized carbons (Fsp3) is 0.300. The van der Waals surface area contributed by atoms with Crippen molar-refractivity contribution in [1.29, 1.82) is 0 Å². The van der Waals surface area contributed by atoms with Gasteiger partial charge in [-0.3, -0.25) is 14.9 Å². The lowest BCUT2D eigenvalue weighted by atomic mass is 9.99. The molecule has 1 atom stereocenters. The number of nitrogens with zero attached hydrogens (tertiary/aromatic N) is 2. The summed E-state index contributed by atoms with van der Waals surface area (Å²) in [5.74, 6) is 0.392. The second-order valence-corrected chi connectivity index (χ2v) is 6.42. The van der Waals surface area contributed by atoms with Gasteiger partial charge in [0.15, 0.2) is 6.61 Å². The van der Waals surface area contributed by atoms with Crippen LogP contribution in [-0.2, 0) is 4.79 Å². The van der Waals surface area contributed by atoms with Crippen molar-refractivity contribution in [3.8, 4) is 11.5 Å². The molecule has 2 N–H and O–H groups in total. The lowest BCUT2D eigenvalue weighted by Gasteiger charge is -2.10. The second kappa shape index (κ2) is 9.50. The number of aromatic hydroxyl groups is 1. The van der Waals surface area contributed by atoms with Gasteiger partial charge in [-0.15, -0.1) is 0 Å². The zero-order valence-corrected chi connectivity index (χ0v) is 16.0. The van der Waals surface area contributed by atoms with E-state index < -0.39 is 10.8 Å². The molecule has 0 saturated carbocycles. The average Bonchev–Trinajstić information content (AvgIpc) is 2.69. The summed E-state index contributed by atoms with van der Waals surface area (Å²) < 4.78 is 5.41. The number of rotatable bonds is 8. The molecule has 28 heavy (non-hydrogen) atoms. The number of hydrogen-bond acceptors (Lipinski definition) is 6. The average molecular weight is 385 g/mol. The Morgan fingerprint density at radius 2 is 2.04 bits per heavy atom. The van der Waals surface area contributed by atoms with Gasteiger partial charge in [0, 0.05) is 17.7 Å². The number of hydrogen-bond donors (Lipinski definition) is 2. The molecule has 0 bridgehead atoms. The Kier molecular flexibility index (Phi) is 7.08. The number of non-ortho nitro benzene ring substituents is 1. The molecule has 148 valence electrons. The SMILES string of the molecule is CC[C@H](C)c1ccc(OCC(=O)N/N=C/c2cc([N+](=O)[O-])cc(C)c2O)cc1. The Bertz CT molecular complexity index is 878. The molecule has 0 aliphatic rings. The first-order chi connectivity index (χ1) is 13.3. The third-order valence-corrected chi connectivity index (χ3v) is 4.35. The van der Waals surface area contributed by atoms with Crippen LogP contribution in [0.1, 0.15) is 42.9 Å². The number of nitrogens with one attached hydrogen (secondary N) is 1. The van der Waals surface area contributed by atoms with Crippen LogP contribution in [0.3, 0.4) is 0 Å². The molecule has 0 aromatic heterocycles. The lowest BCUT2D eigenvalue weighted by Crippen LogP contribution is -2.24. The third kappa shape index (κ3) is 5.54. The summed E-state index contributed by atoms with van der Waals surface area (Å²) in [6.07, 6.45) is 2.19. The number of nitro benzene ring substituents is 1. The Morgan fingerprint density at radius 3 is 2.64 bits per heavy atom. The fourth-order valence-electron chi connectivity index (χ4n) is 2.47. The highest BCUT2D eigenvalue weighted by molar-refractivity contribution is 5.87. The van der Waals surface area contributed by atoms with Crippen molar-refractivity contribution in [2.45, 2.75) is 33.1 Å². The number of phenolic OH excluding ortho intramolecular Hbond substituents is 1. The molecule has 0 spiro atoms. The molecule has 0 heterocycles. The first-order valence-electron chi connectivity index (χ1n) is 8.84. The maximum absolute atomic E-state index is 11.8. The number of nitro groups is 1. The molecule has 8 heteroatoms. The molecule has 0 fully saturated rings. The first-order valence-corrected chi connectivity index (χ1v) is 8.84. The number of ether oxygens (including phenoxy) is 1. The molecule has 2 aromatic rings. The van der Waals surface area contributed by atoms with E-state index in [1.165, 1.54) is 17.7 Å². The number of amides is 1. The minimum absolute atomic E-state index is 0.133. The third-order valence-electron chi connectivity index (χ3n) is 4.35. The van der Waals surface area contributed by atoms with Gasteiger partial charge in [0.2, 0.25) is 0 Å². The van der Waals surface area contributed by atoms with Gasteiger partial charge in [-0.05, 0) is 42.5 Å². The van der Waals surface area contributed by atoms with Crippen LogP contribution in [-0.4, -0.2) is 28.8 Å². The second-order valence-electron chi connectivity index (χ2n) is 6.42. The summed E-state index contributed by atoms with van der Waals surface area (Å²) in [6.45, 7) is 5.56. The summed E-state index contributed by atoms with van der Waals surface area (Å²) >= 11 is 0. The van der Waals surface area contributed by atoms with Crippen LogP contribution in [0.2, 0.25) is 0 Å². The van der Waals surface area contributed by atoms with E-state index in [1.54, 1.807) is 6.92 Å². The summed E-state index contributed by atoms with van der Waals surface area (Å²) in [5, 5.41) is 24.6. The zero-order chi connectivity index (χ0) is 20.7. The van der Waals surface area contributed by atoms with E-state index >= 15 is 0 Å². The summed E-state index contributed by atoms with van der Waals surface area (Å²) in [5.41, 5.74) is 3.76. The van der Waals surface area contributed by atoms with Crippen molar-refractivity contribution in [3.63, 3.8) is 0 Å². The predicted molar refractivity (Wildman–Crippen MR) is 106 cm³/mol. The largest absolute Gasteiger partial charge is 0.507 e. The molecule has 8 nitrogen and oxygen atoms in total. The van der Waals surface area contributed by atoms with Crippen LogP contribution >= 0.6 is 0 Å². The molecular weight excluding hydrogens is 362 g/mol. The van der Waals surface area contributed by atoms with Crippen molar-refractivity contribution in [1.82, 2.24) is 5.43 Å². The van der Waals surface area contributed by atoms with Gasteiger partial charge in [-0.1, -0.05) is 26.0 Å². The van der Waals surface area contributed by atoms with E-state index in [1.807, 2.05) is 24.3 Å². The van der Waals surface area contributed by atoms with Crippen LogP contribution in [0.15, 0.2) is 41.5 Å². The minimum Gasteiger partial charge on any atom is -0.507 e. The van der Waals surface area contributed by atoms with Gasteiger partial charge in [-0.25, -0.2) is 5.43 Å². The van der Waals surface area contributed by atoms with E-state index in [9.17, 15) is 20.0 Å². The lowest BCUT2D eigenvalue weighted by molar-refractivity contribution is -0.384. The van der Waals surface area contributed by atoms with E-state index in [-0.39, 0.29) is 23.6 Å². The maximum Gasteiger partial charge on any atom is 0.277 e. The van der Waals surface area contributed by atoms with Gasteiger partial charge in [0.25, 0.3) is 11.6 Å². The number of aryl methyl sites for hydroxylation is 1. The molecule has 0 radical (unpaired) electrons. The van der Waals surface area contributed by atoms with Crippen molar-refractivity contribution in [2.75, 3.05) is 6.61 Å². The Balaban J connectivity index is 1.91. The maximum atomic E-state index is 11.8. The van der Waals surface area contributed by atoms with Crippen LogP contribution in [0.5, 0.6) is 11.5 Å². The van der Waals surface area contributed by atoms with Crippen molar-refractivity contribution in [3.05, 3.63) is 63.2 Å². The molecule has 0 aliphatic carbocycles. The normalized spacial score (nSPS) is 12.0. The van der Waals surface area contributed by atoms with Gasteiger partial charge in [-0.2, -0.15) is 5.10 Å². The highest BCUT2D eigenvalue weighted by Gasteiger charge is 2.12. The van der Waals surface area contributed by atoms with Crippen LogP contribution in [0.25, 0.3) is 0 Å². The van der Waals surface area contributed by atoms with Crippen LogP contribution in [0.4, 0.5) is 5.69 Å². The Morgan fingerprint density at radius 1 is 1.36 bits per heavy atom. The first kappa shape index (κ1) is 20.9. The summed E-state index contributed by atoms with van der Waals surface area (Å²) in [6, 6.07) is 9.98. The van der Waals surface area contributed by atoms with Gasteiger partial charge in [0.05, 0.1) is 11.1 Å². The van der Waals surface area contributed by atoms with E-state index in [0.29, 0.717) is 17.2 Å². The number of phenols is 1. The van der Waals surface area contributed by atoms with Crippen LogP contribution < -0.4 is 10.2 Å². The number of hydrazone groups is 1. The predicted octanol–water partition coefficient (Wildman–Crippen LogP) is 3.65. The number of carbonyl (C=O) groups is 1. The molecule has 0 unspecified atom stereocenters. The highest BCUT2D eigenvalue weighted by Crippen LogP contribution is 2.26. The monoisotopic (exact) mass is 385 g/mol. The van der Waals surface area contributed by atoms with Crippen molar-refractivity contribution in [2.24, 2.45) is 5.10 Å². The van der Waals surface area contributed by atoms with E-state index in [2.05, 4.69) is 24.4 Å².